The molecule has 0 N–H and O–H groups in total. The van der Waals surface area contributed by atoms with Gasteiger partial charge in [0.25, 0.3) is 0 Å². The first kappa shape index (κ1) is 9.00. The van der Waals surface area contributed by atoms with E-state index in [9.17, 15) is 4.79 Å². The summed E-state index contributed by atoms with van der Waals surface area (Å²) in [6.07, 6.45) is 3.61. The van der Waals surface area contributed by atoms with Gasteiger partial charge in [-0.2, -0.15) is 0 Å². The van der Waals surface area contributed by atoms with Crippen molar-refractivity contribution < 1.29 is 9.53 Å². The summed E-state index contributed by atoms with van der Waals surface area (Å²) in [7, 11) is 1.47. The van der Waals surface area contributed by atoms with Crippen molar-refractivity contribution in [2.24, 2.45) is 5.41 Å². The largest absolute Gasteiger partial charge is 0.468 e. The molecule has 2 rings (SSSR count). The SMILES string of the molecule is COC(=O)C1CCN1CC1(C)CC1. The van der Waals surface area contributed by atoms with Crippen molar-refractivity contribution in [3.8, 4) is 0 Å². The van der Waals surface area contributed by atoms with Crippen LogP contribution in [0.25, 0.3) is 0 Å². The summed E-state index contributed by atoms with van der Waals surface area (Å²) in [5.41, 5.74) is 0.507. The maximum absolute atomic E-state index is 11.2. The Labute approximate surface area is 79.0 Å². The van der Waals surface area contributed by atoms with Gasteiger partial charge in [0.2, 0.25) is 0 Å². The lowest BCUT2D eigenvalue weighted by Gasteiger charge is -2.40. The summed E-state index contributed by atoms with van der Waals surface area (Å²) < 4.78 is 4.74. The van der Waals surface area contributed by atoms with Gasteiger partial charge in [-0.15, -0.1) is 0 Å². The zero-order chi connectivity index (χ0) is 9.47. The van der Waals surface area contributed by atoms with Crippen LogP contribution in [0, 0.1) is 5.41 Å². The summed E-state index contributed by atoms with van der Waals surface area (Å²) in [4.78, 5) is 13.5. The highest BCUT2D eigenvalue weighted by Crippen LogP contribution is 2.46. The highest BCUT2D eigenvalue weighted by atomic mass is 16.5. The van der Waals surface area contributed by atoms with Gasteiger partial charge in [-0.1, -0.05) is 6.92 Å². The van der Waals surface area contributed by atoms with E-state index in [4.69, 9.17) is 4.74 Å². The molecule has 0 amide bonds. The van der Waals surface area contributed by atoms with Gasteiger partial charge < -0.3 is 4.74 Å². The number of carbonyl (C=O) groups is 1. The van der Waals surface area contributed by atoms with E-state index in [0.29, 0.717) is 5.41 Å². The van der Waals surface area contributed by atoms with Crippen LogP contribution in [-0.2, 0) is 9.53 Å². The third-order valence-corrected chi connectivity index (χ3v) is 3.29. The maximum Gasteiger partial charge on any atom is 0.323 e. The molecular weight excluding hydrogens is 166 g/mol. The number of carbonyl (C=O) groups excluding carboxylic acids is 1. The highest BCUT2D eigenvalue weighted by molar-refractivity contribution is 5.76. The molecular formula is C10H17NO2. The minimum atomic E-state index is -0.0597. The monoisotopic (exact) mass is 183 g/mol. The summed E-state index contributed by atoms with van der Waals surface area (Å²) >= 11 is 0. The molecule has 1 saturated heterocycles. The first-order valence-electron chi connectivity index (χ1n) is 4.96. The Balaban J connectivity index is 1.84. The van der Waals surface area contributed by atoms with E-state index in [-0.39, 0.29) is 12.0 Å². The molecule has 3 nitrogen and oxygen atoms in total. The number of hydrogen-bond acceptors (Lipinski definition) is 3. The van der Waals surface area contributed by atoms with Crippen LogP contribution >= 0.6 is 0 Å². The van der Waals surface area contributed by atoms with E-state index in [1.54, 1.807) is 0 Å². The first-order valence-corrected chi connectivity index (χ1v) is 4.96. The van der Waals surface area contributed by atoms with Crippen LogP contribution in [-0.4, -0.2) is 37.1 Å². The van der Waals surface area contributed by atoms with E-state index >= 15 is 0 Å². The minimum absolute atomic E-state index is 0.0578. The van der Waals surface area contributed by atoms with E-state index < -0.39 is 0 Å². The van der Waals surface area contributed by atoms with Crippen molar-refractivity contribution >= 4 is 5.97 Å². The average Bonchev–Trinajstić information content (AvgIpc) is 2.78. The van der Waals surface area contributed by atoms with Crippen LogP contribution in [0.5, 0.6) is 0 Å². The van der Waals surface area contributed by atoms with Gasteiger partial charge in [0.05, 0.1) is 7.11 Å². The van der Waals surface area contributed by atoms with Crippen LogP contribution in [0.4, 0.5) is 0 Å². The van der Waals surface area contributed by atoms with Gasteiger partial charge in [-0.05, 0) is 24.7 Å². The average molecular weight is 183 g/mol. The van der Waals surface area contributed by atoms with Crippen molar-refractivity contribution in [3.63, 3.8) is 0 Å². The Kier molecular flexibility index (Phi) is 2.06. The topological polar surface area (TPSA) is 29.5 Å². The molecule has 0 radical (unpaired) electrons. The molecule has 2 aliphatic rings. The van der Waals surface area contributed by atoms with Gasteiger partial charge >= 0.3 is 5.97 Å². The van der Waals surface area contributed by atoms with E-state index in [1.165, 1.54) is 20.0 Å². The van der Waals surface area contributed by atoms with Crippen LogP contribution in [0.1, 0.15) is 26.2 Å². The second kappa shape index (κ2) is 2.98. The summed E-state index contributed by atoms with van der Waals surface area (Å²) in [6.45, 7) is 4.43. The molecule has 1 saturated carbocycles. The van der Waals surface area contributed by atoms with Crippen molar-refractivity contribution in [2.45, 2.75) is 32.2 Å². The molecule has 3 heteroatoms. The van der Waals surface area contributed by atoms with Crippen molar-refractivity contribution in [2.75, 3.05) is 20.2 Å². The summed E-state index contributed by atoms with van der Waals surface area (Å²) in [5.74, 6) is -0.0597. The molecule has 1 aliphatic carbocycles. The van der Waals surface area contributed by atoms with Gasteiger partial charge in [-0.25, -0.2) is 0 Å². The molecule has 0 aromatic heterocycles. The number of likely N-dealkylation sites (tertiary alicyclic amines) is 1. The van der Waals surface area contributed by atoms with Gasteiger partial charge in [0.1, 0.15) is 6.04 Å². The molecule has 1 atom stereocenters. The molecule has 1 unspecified atom stereocenters. The minimum Gasteiger partial charge on any atom is -0.468 e. The fourth-order valence-electron chi connectivity index (χ4n) is 1.89. The second-order valence-electron chi connectivity index (χ2n) is 4.61. The third-order valence-electron chi connectivity index (χ3n) is 3.29. The van der Waals surface area contributed by atoms with Crippen LogP contribution in [0.3, 0.4) is 0 Å². The zero-order valence-corrected chi connectivity index (χ0v) is 8.38. The van der Waals surface area contributed by atoms with Crippen LogP contribution < -0.4 is 0 Å². The van der Waals surface area contributed by atoms with Gasteiger partial charge in [0, 0.05) is 13.1 Å². The maximum atomic E-state index is 11.2. The standard InChI is InChI=1S/C10H17NO2/c1-10(4-5-10)7-11-6-3-8(11)9(12)13-2/h8H,3-7H2,1-2H3. The zero-order valence-electron chi connectivity index (χ0n) is 8.38. The fraction of sp³-hybridized carbons (Fsp3) is 0.900. The predicted molar refractivity (Wildman–Crippen MR) is 49.3 cm³/mol. The molecule has 1 aliphatic heterocycles. The Hall–Kier alpha value is -0.570. The molecule has 2 fully saturated rings. The fourth-order valence-corrected chi connectivity index (χ4v) is 1.89. The number of rotatable bonds is 3. The Morgan fingerprint density at radius 3 is 2.69 bits per heavy atom. The van der Waals surface area contributed by atoms with E-state index in [2.05, 4.69) is 11.8 Å². The smallest absolute Gasteiger partial charge is 0.323 e. The molecule has 0 aromatic rings. The van der Waals surface area contributed by atoms with Gasteiger partial charge in [-0.3, -0.25) is 9.69 Å². The molecule has 0 bridgehead atoms. The second-order valence-corrected chi connectivity index (χ2v) is 4.61. The number of esters is 1. The Bertz CT molecular complexity index is 223. The van der Waals surface area contributed by atoms with Gasteiger partial charge in [0.15, 0.2) is 0 Å². The quantitative estimate of drug-likeness (QED) is 0.612. The van der Waals surface area contributed by atoms with E-state index in [1.807, 2.05) is 0 Å². The normalized spacial score (nSPS) is 30.8. The molecule has 0 aromatic carbocycles. The number of ether oxygens (including phenoxy) is 1. The summed E-state index contributed by atoms with van der Waals surface area (Å²) in [6, 6.07) is 0.0578. The lowest BCUT2D eigenvalue weighted by Crippen LogP contribution is -2.54. The number of methoxy groups -OCH3 is 1. The van der Waals surface area contributed by atoms with Crippen molar-refractivity contribution in [1.29, 1.82) is 0 Å². The number of hydrogen-bond donors (Lipinski definition) is 0. The van der Waals surface area contributed by atoms with Crippen molar-refractivity contribution in [1.82, 2.24) is 4.90 Å². The summed E-state index contributed by atoms with van der Waals surface area (Å²) in [5, 5.41) is 0. The van der Waals surface area contributed by atoms with Crippen LogP contribution in [0.2, 0.25) is 0 Å². The number of nitrogens with zero attached hydrogens (tertiary/aromatic N) is 1. The lowest BCUT2D eigenvalue weighted by atomic mass is 9.99. The molecule has 74 valence electrons. The Morgan fingerprint density at radius 1 is 1.62 bits per heavy atom. The lowest BCUT2D eigenvalue weighted by molar-refractivity contribution is -0.152. The van der Waals surface area contributed by atoms with Crippen molar-refractivity contribution in [3.05, 3.63) is 0 Å². The molecule has 1 heterocycles. The molecule has 13 heavy (non-hydrogen) atoms. The highest BCUT2D eigenvalue weighted by Gasteiger charge is 2.44. The van der Waals surface area contributed by atoms with Crippen LogP contribution in [0.15, 0.2) is 0 Å². The third kappa shape index (κ3) is 1.70. The Morgan fingerprint density at radius 2 is 2.31 bits per heavy atom. The first-order chi connectivity index (χ1) is 6.14. The predicted octanol–water partition coefficient (Wildman–Crippen LogP) is 1.03. The van der Waals surface area contributed by atoms with E-state index in [0.717, 1.165) is 19.5 Å². The molecule has 0 spiro atoms.